The van der Waals surface area contributed by atoms with Crippen molar-refractivity contribution in [3.8, 4) is 17.1 Å². The highest BCUT2D eigenvalue weighted by molar-refractivity contribution is 7.87. The van der Waals surface area contributed by atoms with Crippen LogP contribution in [0, 0.1) is 5.82 Å². The van der Waals surface area contributed by atoms with Crippen LogP contribution in [0.3, 0.4) is 0 Å². The molecule has 0 unspecified atom stereocenters. The van der Waals surface area contributed by atoms with Gasteiger partial charge in [-0.1, -0.05) is 23.2 Å². The molecule has 0 radical (unpaired) electrons. The number of aromatic nitrogens is 4. The van der Waals surface area contributed by atoms with Crippen LogP contribution in [-0.2, 0) is 17.3 Å². The zero-order valence-electron chi connectivity index (χ0n) is 14.5. The van der Waals surface area contributed by atoms with Crippen molar-refractivity contribution >= 4 is 44.3 Å². The summed E-state index contributed by atoms with van der Waals surface area (Å²) in [5.74, 6) is -1.33. The van der Waals surface area contributed by atoms with Crippen LogP contribution in [0.5, 0.6) is 5.88 Å². The molecule has 0 amide bonds. The number of fused-ring (bicyclic) bond motifs is 1. The molecule has 0 N–H and O–H groups in total. The van der Waals surface area contributed by atoms with Crippen molar-refractivity contribution < 1.29 is 26.3 Å². The van der Waals surface area contributed by atoms with Crippen molar-refractivity contribution in [2.75, 3.05) is 14.1 Å². The Hall–Kier alpha value is -2.02. The van der Waals surface area contributed by atoms with Crippen LogP contribution >= 0.6 is 23.2 Å². The summed E-state index contributed by atoms with van der Waals surface area (Å²) in [6.45, 7) is -3.17. The van der Waals surface area contributed by atoms with Gasteiger partial charge in [-0.25, -0.2) is 9.07 Å². The normalized spacial score (nSPS) is 12.5. The third-order valence-corrected chi connectivity index (χ3v) is 6.03. The Morgan fingerprint density at radius 1 is 1.21 bits per heavy atom. The first-order valence-corrected chi connectivity index (χ1v) is 9.59. The Kier molecular flexibility index (Phi) is 5.25. The number of nitrogens with zero attached hydrogens (tertiary/aromatic N) is 5. The van der Waals surface area contributed by atoms with E-state index >= 15 is 0 Å². The number of hydrogen-bond acceptors (Lipinski definition) is 5. The van der Waals surface area contributed by atoms with Gasteiger partial charge in [-0.05, 0) is 12.1 Å². The van der Waals surface area contributed by atoms with Crippen LogP contribution in [0.4, 0.5) is 13.2 Å². The van der Waals surface area contributed by atoms with Gasteiger partial charge in [-0.2, -0.15) is 26.6 Å². The lowest BCUT2D eigenvalue weighted by molar-refractivity contribution is -0.0552. The summed E-state index contributed by atoms with van der Waals surface area (Å²) in [6, 6.07) is 2.07. The number of halogens is 5. The van der Waals surface area contributed by atoms with E-state index in [1.807, 2.05) is 0 Å². The number of aryl methyl sites for hydroxylation is 1. The van der Waals surface area contributed by atoms with E-state index in [-0.39, 0.29) is 32.3 Å². The Morgan fingerprint density at radius 2 is 1.86 bits per heavy atom. The molecular formula is C14H12Cl2F3N5O3S. The number of ether oxygens (including phenoxy) is 1. The fourth-order valence-electron chi connectivity index (χ4n) is 2.45. The highest BCUT2D eigenvalue weighted by atomic mass is 35.5. The van der Waals surface area contributed by atoms with E-state index in [0.29, 0.717) is 4.09 Å². The largest absolute Gasteiger partial charge is 0.416 e. The minimum Gasteiger partial charge on any atom is -0.416 e. The van der Waals surface area contributed by atoms with Gasteiger partial charge in [0.2, 0.25) is 5.88 Å². The summed E-state index contributed by atoms with van der Waals surface area (Å²) >= 11 is 12.0. The first kappa shape index (κ1) is 20.7. The molecular weight excluding hydrogens is 446 g/mol. The molecule has 3 aromatic rings. The number of hydrogen-bond donors (Lipinski definition) is 0. The molecule has 3 rings (SSSR count). The van der Waals surface area contributed by atoms with Gasteiger partial charge in [0.15, 0.2) is 5.15 Å². The molecule has 1 aromatic carbocycles. The van der Waals surface area contributed by atoms with Gasteiger partial charge in [-0.15, -0.1) is 9.19 Å². The van der Waals surface area contributed by atoms with Gasteiger partial charge in [0.1, 0.15) is 16.5 Å². The molecule has 0 spiro atoms. The fraction of sp³-hybridized carbons (Fsp3) is 0.286. The molecule has 2 heterocycles. The molecule has 0 aliphatic carbocycles. The van der Waals surface area contributed by atoms with E-state index in [0.717, 1.165) is 21.1 Å². The lowest BCUT2D eigenvalue weighted by Gasteiger charge is -2.12. The summed E-state index contributed by atoms with van der Waals surface area (Å²) in [5, 5.41) is 7.07. The standard InChI is InChI=1S/C14H12Cl2F3N5O3S/c1-22(2)28(25,26)24-9-5-6(8(17)4-7(9)12(16)21-24)11-10(15)13(23(3)20-11)27-14(18)19/h4-5,14H,1-3H3. The second kappa shape index (κ2) is 7.10. The van der Waals surface area contributed by atoms with E-state index in [2.05, 4.69) is 14.9 Å². The van der Waals surface area contributed by atoms with E-state index in [9.17, 15) is 21.6 Å². The maximum Gasteiger partial charge on any atom is 0.388 e. The second-order valence-corrected chi connectivity index (χ2v) is 8.45. The minimum absolute atomic E-state index is 0.0319. The van der Waals surface area contributed by atoms with Crippen LogP contribution in [0.1, 0.15) is 0 Å². The summed E-state index contributed by atoms with van der Waals surface area (Å²) in [4.78, 5) is 0. The third kappa shape index (κ3) is 3.30. The van der Waals surface area contributed by atoms with E-state index in [4.69, 9.17) is 23.2 Å². The first-order valence-electron chi connectivity index (χ1n) is 7.43. The average Bonchev–Trinajstić information content (AvgIpc) is 3.05. The van der Waals surface area contributed by atoms with Crippen LogP contribution in [-0.4, -0.2) is 52.4 Å². The van der Waals surface area contributed by atoms with E-state index < -0.39 is 28.5 Å². The molecule has 0 bridgehead atoms. The van der Waals surface area contributed by atoms with Crippen molar-refractivity contribution in [3.05, 3.63) is 28.1 Å². The molecule has 0 aliphatic heterocycles. The molecule has 0 atom stereocenters. The lowest BCUT2D eigenvalue weighted by atomic mass is 10.1. The average molecular weight is 458 g/mol. The summed E-state index contributed by atoms with van der Waals surface area (Å²) in [6.07, 6.45) is 0. The van der Waals surface area contributed by atoms with Gasteiger partial charge in [0.25, 0.3) is 0 Å². The Labute approximate surface area is 167 Å². The zero-order valence-corrected chi connectivity index (χ0v) is 16.8. The van der Waals surface area contributed by atoms with Crippen molar-refractivity contribution in [3.63, 3.8) is 0 Å². The van der Waals surface area contributed by atoms with Crippen molar-refractivity contribution in [2.45, 2.75) is 6.61 Å². The SMILES string of the molecule is CN(C)S(=O)(=O)n1nc(Cl)c2cc(F)c(-c3nn(C)c(OC(F)F)c3Cl)cc21. The van der Waals surface area contributed by atoms with Crippen LogP contribution in [0.2, 0.25) is 10.2 Å². The summed E-state index contributed by atoms with van der Waals surface area (Å²) < 4.78 is 71.4. The maximum absolute atomic E-state index is 14.7. The quantitative estimate of drug-likeness (QED) is 0.587. The Balaban J connectivity index is 2.29. The number of rotatable bonds is 5. The van der Waals surface area contributed by atoms with Crippen molar-refractivity contribution in [2.24, 2.45) is 7.05 Å². The van der Waals surface area contributed by atoms with Crippen molar-refractivity contribution in [1.82, 2.24) is 23.3 Å². The molecule has 8 nitrogen and oxygen atoms in total. The molecule has 0 fully saturated rings. The van der Waals surface area contributed by atoms with Gasteiger partial charge >= 0.3 is 16.8 Å². The molecule has 152 valence electrons. The van der Waals surface area contributed by atoms with Gasteiger partial charge < -0.3 is 4.74 Å². The molecule has 0 aliphatic rings. The molecule has 2 aromatic heterocycles. The van der Waals surface area contributed by atoms with Gasteiger partial charge in [-0.3, -0.25) is 0 Å². The van der Waals surface area contributed by atoms with Crippen LogP contribution in [0.15, 0.2) is 12.1 Å². The van der Waals surface area contributed by atoms with Crippen LogP contribution in [0.25, 0.3) is 22.2 Å². The summed E-state index contributed by atoms with van der Waals surface area (Å²) in [7, 11) is -0.230. The summed E-state index contributed by atoms with van der Waals surface area (Å²) in [5.41, 5.74) is -0.512. The Bertz CT molecular complexity index is 1180. The van der Waals surface area contributed by atoms with E-state index in [1.165, 1.54) is 21.1 Å². The fourth-order valence-corrected chi connectivity index (χ4v) is 3.92. The molecule has 28 heavy (non-hydrogen) atoms. The monoisotopic (exact) mass is 457 g/mol. The Morgan fingerprint density at radius 3 is 2.43 bits per heavy atom. The van der Waals surface area contributed by atoms with Gasteiger partial charge in [0.05, 0.1) is 5.52 Å². The maximum atomic E-state index is 14.7. The highest BCUT2D eigenvalue weighted by Gasteiger charge is 2.27. The number of alkyl halides is 2. The lowest BCUT2D eigenvalue weighted by Crippen LogP contribution is -2.29. The topological polar surface area (TPSA) is 82.3 Å². The predicted octanol–water partition coefficient (Wildman–Crippen LogP) is 3.14. The number of benzene rings is 1. The highest BCUT2D eigenvalue weighted by Crippen LogP contribution is 2.39. The second-order valence-electron chi connectivity index (χ2n) is 5.74. The van der Waals surface area contributed by atoms with E-state index in [1.54, 1.807) is 0 Å². The molecule has 0 saturated carbocycles. The third-order valence-electron chi connectivity index (χ3n) is 3.77. The predicted molar refractivity (Wildman–Crippen MR) is 96.5 cm³/mol. The van der Waals surface area contributed by atoms with Crippen LogP contribution < -0.4 is 4.74 Å². The van der Waals surface area contributed by atoms with Crippen molar-refractivity contribution in [1.29, 1.82) is 0 Å². The molecule has 14 heteroatoms. The van der Waals surface area contributed by atoms with Gasteiger partial charge in [0, 0.05) is 32.1 Å². The molecule has 0 saturated heterocycles. The zero-order chi connectivity index (χ0) is 21.0. The smallest absolute Gasteiger partial charge is 0.388 e. The minimum atomic E-state index is -4.07. The first-order chi connectivity index (χ1) is 12.9.